The SMILES string of the molecule is NC1(CN2CCS(=O)(=O)CC2)CCCCC1. The number of rotatable bonds is 2. The van der Waals surface area contributed by atoms with E-state index in [0.717, 1.165) is 19.4 Å². The molecule has 0 bridgehead atoms. The van der Waals surface area contributed by atoms with Gasteiger partial charge in [0.1, 0.15) is 0 Å². The van der Waals surface area contributed by atoms with Gasteiger partial charge in [0.05, 0.1) is 11.5 Å². The highest BCUT2D eigenvalue weighted by atomic mass is 32.2. The molecule has 0 unspecified atom stereocenters. The van der Waals surface area contributed by atoms with Crippen LogP contribution in [0, 0.1) is 0 Å². The number of nitrogens with zero attached hydrogens (tertiary/aromatic N) is 1. The average Bonchev–Trinajstić information content (AvgIpc) is 2.22. The summed E-state index contributed by atoms with van der Waals surface area (Å²) in [5, 5.41) is 0. The molecule has 5 heteroatoms. The van der Waals surface area contributed by atoms with Crippen molar-refractivity contribution >= 4 is 9.84 Å². The maximum Gasteiger partial charge on any atom is 0.152 e. The van der Waals surface area contributed by atoms with E-state index in [0.29, 0.717) is 24.6 Å². The fraction of sp³-hybridized carbons (Fsp3) is 1.00. The Morgan fingerprint density at radius 3 is 2.19 bits per heavy atom. The van der Waals surface area contributed by atoms with Gasteiger partial charge in [0.25, 0.3) is 0 Å². The maximum atomic E-state index is 11.3. The van der Waals surface area contributed by atoms with E-state index in [1.54, 1.807) is 0 Å². The van der Waals surface area contributed by atoms with Crippen LogP contribution < -0.4 is 5.73 Å². The zero-order valence-corrected chi connectivity index (χ0v) is 10.6. The highest BCUT2D eigenvalue weighted by molar-refractivity contribution is 7.91. The van der Waals surface area contributed by atoms with Gasteiger partial charge in [0, 0.05) is 25.2 Å². The third-order valence-electron chi connectivity index (χ3n) is 3.82. The van der Waals surface area contributed by atoms with E-state index in [-0.39, 0.29) is 5.54 Å². The summed E-state index contributed by atoms with van der Waals surface area (Å²) in [7, 11) is -2.76. The van der Waals surface area contributed by atoms with Gasteiger partial charge >= 0.3 is 0 Å². The first-order valence-corrected chi connectivity index (χ1v) is 8.03. The first-order chi connectivity index (χ1) is 7.49. The first-order valence-electron chi connectivity index (χ1n) is 6.21. The first kappa shape index (κ1) is 12.3. The predicted molar refractivity (Wildman–Crippen MR) is 65.1 cm³/mol. The summed E-state index contributed by atoms with van der Waals surface area (Å²) in [6, 6.07) is 0. The highest BCUT2D eigenvalue weighted by Crippen LogP contribution is 2.27. The maximum absolute atomic E-state index is 11.3. The largest absolute Gasteiger partial charge is 0.324 e. The van der Waals surface area contributed by atoms with Crippen molar-refractivity contribution < 1.29 is 8.42 Å². The Morgan fingerprint density at radius 2 is 1.62 bits per heavy atom. The van der Waals surface area contributed by atoms with Crippen LogP contribution in [0.2, 0.25) is 0 Å². The Bertz CT molecular complexity index is 320. The molecule has 1 aliphatic heterocycles. The molecular weight excluding hydrogens is 224 g/mol. The van der Waals surface area contributed by atoms with Crippen LogP contribution in [-0.2, 0) is 9.84 Å². The van der Waals surface area contributed by atoms with Gasteiger partial charge in [-0.15, -0.1) is 0 Å². The van der Waals surface area contributed by atoms with E-state index >= 15 is 0 Å². The van der Waals surface area contributed by atoms with Crippen molar-refractivity contribution in [2.24, 2.45) is 5.73 Å². The summed E-state index contributed by atoms with van der Waals surface area (Å²) in [6.45, 7) is 2.21. The molecule has 1 aliphatic carbocycles. The van der Waals surface area contributed by atoms with Gasteiger partial charge < -0.3 is 5.73 Å². The van der Waals surface area contributed by atoms with Crippen LogP contribution in [0.5, 0.6) is 0 Å². The van der Waals surface area contributed by atoms with E-state index < -0.39 is 9.84 Å². The molecule has 1 saturated carbocycles. The van der Waals surface area contributed by atoms with E-state index in [1.165, 1.54) is 19.3 Å². The summed E-state index contributed by atoms with van der Waals surface area (Å²) >= 11 is 0. The van der Waals surface area contributed by atoms with Crippen molar-refractivity contribution in [2.45, 2.75) is 37.6 Å². The summed E-state index contributed by atoms with van der Waals surface area (Å²) in [4.78, 5) is 2.23. The van der Waals surface area contributed by atoms with E-state index in [2.05, 4.69) is 4.90 Å². The molecule has 94 valence electrons. The van der Waals surface area contributed by atoms with Crippen molar-refractivity contribution in [2.75, 3.05) is 31.1 Å². The third-order valence-corrected chi connectivity index (χ3v) is 5.43. The minimum absolute atomic E-state index is 0.0562. The van der Waals surface area contributed by atoms with Crippen molar-refractivity contribution in [3.8, 4) is 0 Å². The number of nitrogens with two attached hydrogens (primary N) is 1. The molecule has 1 saturated heterocycles. The molecule has 2 rings (SSSR count). The van der Waals surface area contributed by atoms with Crippen LogP contribution in [-0.4, -0.2) is 50.0 Å². The van der Waals surface area contributed by atoms with Crippen LogP contribution in [0.3, 0.4) is 0 Å². The summed E-state index contributed by atoms with van der Waals surface area (Å²) < 4.78 is 22.6. The average molecular weight is 246 g/mol. The minimum atomic E-state index is -2.76. The van der Waals surface area contributed by atoms with Crippen LogP contribution >= 0.6 is 0 Å². The van der Waals surface area contributed by atoms with Crippen LogP contribution in [0.4, 0.5) is 0 Å². The summed E-state index contributed by atoms with van der Waals surface area (Å²) in [6.07, 6.45) is 5.94. The van der Waals surface area contributed by atoms with Gasteiger partial charge in [-0.3, -0.25) is 4.90 Å². The zero-order valence-electron chi connectivity index (χ0n) is 9.82. The van der Waals surface area contributed by atoms with Gasteiger partial charge in [-0.1, -0.05) is 19.3 Å². The predicted octanol–water partition coefficient (Wildman–Crippen LogP) is 0.378. The Morgan fingerprint density at radius 1 is 1.06 bits per heavy atom. The van der Waals surface area contributed by atoms with E-state index in [9.17, 15) is 8.42 Å². The third kappa shape index (κ3) is 3.18. The fourth-order valence-corrected chi connectivity index (χ4v) is 4.04. The lowest BCUT2D eigenvalue weighted by Crippen LogP contribution is -2.54. The molecule has 0 aromatic heterocycles. The molecular formula is C11H22N2O2S. The molecule has 4 nitrogen and oxygen atoms in total. The molecule has 2 N–H and O–H groups in total. The van der Waals surface area contributed by atoms with Crippen LogP contribution in [0.1, 0.15) is 32.1 Å². The standard InChI is InChI=1S/C11H22N2O2S/c12-11(4-2-1-3-5-11)10-13-6-8-16(14,15)9-7-13/h1-10,12H2. The van der Waals surface area contributed by atoms with Crippen molar-refractivity contribution in [3.63, 3.8) is 0 Å². The van der Waals surface area contributed by atoms with E-state index in [1.807, 2.05) is 0 Å². The molecule has 2 aliphatic rings. The molecule has 2 fully saturated rings. The van der Waals surface area contributed by atoms with Crippen molar-refractivity contribution in [1.29, 1.82) is 0 Å². The normalized spacial score (nSPS) is 30.1. The second-order valence-electron chi connectivity index (χ2n) is 5.35. The molecule has 0 atom stereocenters. The van der Waals surface area contributed by atoms with Gasteiger partial charge in [0.2, 0.25) is 0 Å². The van der Waals surface area contributed by atoms with Crippen molar-refractivity contribution in [3.05, 3.63) is 0 Å². The fourth-order valence-electron chi connectivity index (χ4n) is 2.77. The summed E-state index contributed by atoms with van der Waals surface area (Å²) in [5.74, 6) is 0.617. The molecule has 1 heterocycles. The molecule has 0 radical (unpaired) electrons. The summed E-state index contributed by atoms with van der Waals surface area (Å²) in [5.41, 5.74) is 6.31. The minimum Gasteiger partial charge on any atom is -0.324 e. The number of hydrogen-bond donors (Lipinski definition) is 1. The second kappa shape index (κ2) is 4.63. The van der Waals surface area contributed by atoms with Crippen molar-refractivity contribution in [1.82, 2.24) is 4.90 Å². The van der Waals surface area contributed by atoms with Gasteiger partial charge in [-0.05, 0) is 12.8 Å². The second-order valence-corrected chi connectivity index (χ2v) is 7.65. The van der Waals surface area contributed by atoms with Gasteiger partial charge in [0.15, 0.2) is 9.84 Å². The molecule has 16 heavy (non-hydrogen) atoms. The number of hydrogen-bond acceptors (Lipinski definition) is 4. The highest BCUT2D eigenvalue weighted by Gasteiger charge is 2.31. The van der Waals surface area contributed by atoms with Crippen LogP contribution in [0.15, 0.2) is 0 Å². The zero-order chi connectivity index (χ0) is 11.6. The smallest absolute Gasteiger partial charge is 0.152 e. The monoisotopic (exact) mass is 246 g/mol. The Hall–Kier alpha value is -0.130. The molecule has 0 amide bonds. The Balaban J connectivity index is 1.86. The van der Waals surface area contributed by atoms with Crippen LogP contribution in [0.25, 0.3) is 0 Å². The Labute approximate surface area is 98.1 Å². The lowest BCUT2D eigenvalue weighted by Gasteiger charge is -2.39. The van der Waals surface area contributed by atoms with Gasteiger partial charge in [-0.2, -0.15) is 0 Å². The van der Waals surface area contributed by atoms with E-state index in [4.69, 9.17) is 5.73 Å². The number of sulfone groups is 1. The molecule has 0 spiro atoms. The van der Waals surface area contributed by atoms with Gasteiger partial charge in [-0.25, -0.2) is 8.42 Å². The topological polar surface area (TPSA) is 63.4 Å². The lowest BCUT2D eigenvalue weighted by molar-refractivity contribution is 0.181. The Kier molecular flexibility index (Phi) is 3.56. The quantitative estimate of drug-likeness (QED) is 0.765. The molecule has 0 aromatic carbocycles. The lowest BCUT2D eigenvalue weighted by atomic mass is 9.82. The molecule has 0 aromatic rings.